The maximum Gasteiger partial charge on any atom is 0.387 e. The minimum atomic E-state index is -2.91. The second-order valence-corrected chi connectivity index (χ2v) is 5.68. The molecular weight excluding hydrogens is 308 g/mol. The topological polar surface area (TPSA) is 75.6 Å². The number of benzene rings is 1. The molecule has 2 N–H and O–H groups in total. The Labute approximate surface area is 132 Å². The highest BCUT2D eigenvalue weighted by Gasteiger charge is 2.35. The maximum atomic E-state index is 12.4. The number of amides is 1. The lowest BCUT2D eigenvalue weighted by molar-refractivity contribution is -0.147. The molecule has 2 rings (SSSR count). The minimum absolute atomic E-state index is 0.0107. The van der Waals surface area contributed by atoms with Crippen molar-refractivity contribution in [1.82, 2.24) is 0 Å². The van der Waals surface area contributed by atoms with Gasteiger partial charge in [-0.15, -0.1) is 0 Å². The molecule has 1 aliphatic carbocycles. The largest absolute Gasteiger partial charge is 0.481 e. The van der Waals surface area contributed by atoms with Crippen LogP contribution in [-0.4, -0.2) is 23.6 Å². The Hall–Kier alpha value is -2.18. The average Bonchev–Trinajstić information content (AvgIpc) is 2.49. The molecule has 0 aliphatic heterocycles. The molecule has 0 aromatic heterocycles. The number of nitrogens with one attached hydrogen (secondary N) is 1. The van der Waals surface area contributed by atoms with E-state index in [4.69, 9.17) is 0 Å². The van der Waals surface area contributed by atoms with E-state index in [0.29, 0.717) is 24.1 Å². The molecule has 0 heterocycles. The van der Waals surface area contributed by atoms with Crippen molar-refractivity contribution in [2.24, 2.45) is 11.8 Å². The molecule has 1 fully saturated rings. The van der Waals surface area contributed by atoms with Gasteiger partial charge in [-0.2, -0.15) is 8.78 Å². The normalized spacial score (nSPS) is 21.0. The minimum Gasteiger partial charge on any atom is -0.481 e. The van der Waals surface area contributed by atoms with Crippen LogP contribution >= 0.6 is 0 Å². The summed E-state index contributed by atoms with van der Waals surface area (Å²) in [5.74, 6) is -2.54. The fourth-order valence-electron chi connectivity index (χ4n) is 2.92. The van der Waals surface area contributed by atoms with Crippen LogP contribution in [-0.2, 0) is 9.59 Å². The number of aliphatic carboxylic acids is 1. The molecule has 0 spiro atoms. The number of carboxylic acids is 1. The van der Waals surface area contributed by atoms with E-state index in [1.165, 1.54) is 18.2 Å². The first-order valence-electron chi connectivity index (χ1n) is 7.47. The van der Waals surface area contributed by atoms with Gasteiger partial charge in [0, 0.05) is 5.69 Å². The number of hydrogen-bond acceptors (Lipinski definition) is 3. The summed E-state index contributed by atoms with van der Waals surface area (Å²) in [6.45, 7) is -1.25. The first kappa shape index (κ1) is 17.2. The van der Waals surface area contributed by atoms with Gasteiger partial charge in [-0.25, -0.2) is 0 Å². The van der Waals surface area contributed by atoms with E-state index in [9.17, 15) is 23.5 Å². The lowest BCUT2D eigenvalue weighted by Gasteiger charge is -2.27. The van der Waals surface area contributed by atoms with Crippen molar-refractivity contribution in [1.29, 1.82) is 0 Å². The number of rotatable bonds is 5. The van der Waals surface area contributed by atoms with Crippen LogP contribution in [0.1, 0.15) is 31.2 Å². The van der Waals surface area contributed by atoms with E-state index < -0.39 is 24.4 Å². The lowest BCUT2D eigenvalue weighted by Crippen LogP contribution is -2.36. The van der Waals surface area contributed by atoms with Crippen molar-refractivity contribution in [3.05, 3.63) is 23.8 Å². The van der Waals surface area contributed by atoms with Gasteiger partial charge < -0.3 is 15.2 Å². The van der Waals surface area contributed by atoms with Crippen LogP contribution in [0, 0.1) is 18.8 Å². The summed E-state index contributed by atoms with van der Waals surface area (Å²) in [5.41, 5.74) is 1.03. The Balaban J connectivity index is 2.08. The van der Waals surface area contributed by atoms with Gasteiger partial charge in [-0.05, 0) is 43.5 Å². The van der Waals surface area contributed by atoms with E-state index in [0.717, 1.165) is 12.8 Å². The van der Waals surface area contributed by atoms with E-state index in [1.54, 1.807) is 6.92 Å². The van der Waals surface area contributed by atoms with Crippen LogP contribution in [0.2, 0.25) is 0 Å². The summed E-state index contributed by atoms with van der Waals surface area (Å²) >= 11 is 0. The van der Waals surface area contributed by atoms with E-state index in [2.05, 4.69) is 10.1 Å². The summed E-state index contributed by atoms with van der Waals surface area (Å²) < 4.78 is 28.6. The maximum absolute atomic E-state index is 12.4. The second kappa shape index (κ2) is 7.39. The van der Waals surface area contributed by atoms with Crippen molar-refractivity contribution < 1.29 is 28.2 Å². The SMILES string of the molecule is Cc1cc(OC(F)F)ccc1NC(=O)[C@H]1CCCC[C@@H]1C(=O)O. The molecule has 2 atom stereocenters. The fraction of sp³-hybridized carbons (Fsp3) is 0.500. The third kappa shape index (κ3) is 4.40. The zero-order valence-corrected chi connectivity index (χ0v) is 12.7. The predicted octanol–water partition coefficient (Wildman–Crippen LogP) is 3.43. The Morgan fingerprint density at radius 2 is 1.91 bits per heavy atom. The highest BCUT2D eigenvalue weighted by molar-refractivity contribution is 5.95. The average molecular weight is 327 g/mol. The van der Waals surface area contributed by atoms with Crippen molar-refractivity contribution in [3.63, 3.8) is 0 Å². The summed E-state index contributed by atoms with van der Waals surface area (Å²) in [4.78, 5) is 23.6. The van der Waals surface area contributed by atoms with Gasteiger partial charge in [0.15, 0.2) is 0 Å². The summed E-state index contributed by atoms with van der Waals surface area (Å²) in [5, 5.41) is 11.9. The molecule has 1 aliphatic rings. The van der Waals surface area contributed by atoms with E-state index in [-0.39, 0.29) is 11.7 Å². The quantitative estimate of drug-likeness (QED) is 0.869. The molecule has 0 saturated heterocycles. The molecule has 0 radical (unpaired) electrons. The molecule has 126 valence electrons. The van der Waals surface area contributed by atoms with Gasteiger partial charge in [-0.3, -0.25) is 9.59 Å². The smallest absolute Gasteiger partial charge is 0.387 e. The Morgan fingerprint density at radius 3 is 2.48 bits per heavy atom. The van der Waals surface area contributed by atoms with Crippen LogP contribution in [0.5, 0.6) is 5.75 Å². The predicted molar refractivity (Wildman–Crippen MR) is 79.5 cm³/mol. The van der Waals surface area contributed by atoms with Gasteiger partial charge in [0.25, 0.3) is 0 Å². The number of ether oxygens (including phenoxy) is 1. The first-order valence-corrected chi connectivity index (χ1v) is 7.47. The third-order valence-corrected chi connectivity index (χ3v) is 4.10. The Kier molecular flexibility index (Phi) is 5.52. The van der Waals surface area contributed by atoms with Crippen LogP contribution in [0.15, 0.2) is 18.2 Å². The first-order chi connectivity index (χ1) is 10.9. The third-order valence-electron chi connectivity index (χ3n) is 4.10. The number of carbonyl (C=O) groups excluding carboxylic acids is 1. The molecule has 1 aromatic carbocycles. The number of carboxylic acid groups (broad SMARTS) is 1. The Morgan fingerprint density at radius 1 is 1.26 bits per heavy atom. The van der Waals surface area contributed by atoms with Gasteiger partial charge in [0.1, 0.15) is 5.75 Å². The summed E-state index contributed by atoms with van der Waals surface area (Å²) in [7, 11) is 0. The number of carbonyl (C=O) groups is 2. The van der Waals surface area contributed by atoms with Crippen LogP contribution in [0.4, 0.5) is 14.5 Å². The highest BCUT2D eigenvalue weighted by Crippen LogP contribution is 2.32. The van der Waals surface area contributed by atoms with Crippen LogP contribution < -0.4 is 10.1 Å². The van der Waals surface area contributed by atoms with Crippen molar-refractivity contribution in [3.8, 4) is 5.75 Å². The monoisotopic (exact) mass is 327 g/mol. The zero-order chi connectivity index (χ0) is 17.0. The highest BCUT2D eigenvalue weighted by atomic mass is 19.3. The van der Waals surface area contributed by atoms with Crippen molar-refractivity contribution in [2.75, 3.05) is 5.32 Å². The number of halogens is 2. The standard InChI is InChI=1S/C16H19F2NO4/c1-9-8-10(23-16(17)18)6-7-13(9)19-14(20)11-4-2-3-5-12(11)15(21)22/h6-8,11-12,16H,2-5H2,1H3,(H,19,20)(H,21,22)/t11-,12-/m0/s1. The van der Waals surface area contributed by atoms with E-state index in [1.807, 2.05) is 0 Å². The molecule has 1 amide bonds. The fourth-order valence-corrected chi connectivity index (χ4v) is 2.92. The van der Waals surface area contributed by atoms with Gasteiger partial charge in [0.05, 0.1) is 11.8 Å². The van der Waals surface area contributed by atoms with Crippen LogP contribution in [0.3, 0.4) is 0 Å². The second-order valence-electron chi connectivity index (χ2n) is 5.68. The zero-order valence-electron chi connectivity index (χ0n) is 12.7. The number of alkyl halides is 2. The Bertz CT molecular complexity index is 591. The molecule has 1 aromatic rings. The number of anilines is 1. The van der Waals surface area contributed by atoms with Gasteiger partial charge in [-0.1, -0.05) is 12.8 Å². The summed E-state index contributed by atoms with van der Waals surface area (Å²) in [6, 6.07) is 4.21. The molecule has 23 heavy (non-hydrogen) atoms. The van der Waals surface area contributed by atoms with Crippen molar-refractivity contribution >= 4 is 17.6 Å². The molecule has 5 nitrogen and oxygen atoms in total. The molecule has 7 heteroatoms. The number of aryl methyl sites for hydroxylation is 1. The molecule has 0 unspecified atom stereocenters. The van der Waals surface area contributed by atoms with Gasteiger partial charge in [0.2, 0.25) is 5.91 Å². The van der Waals surface area contributed by atoms with E-state index >= 15 is 0 Å². The van der Waals surface area contributed by atoms with Crippen LogP contribution in [0.25, 0.3) is 0 Å². The molecular formula is C16H19F2NO4. The molecule has 1 saturated carbocycles. The van der Waals surface area contributed by atoms with Crippen molar-refractivity contribution in [2.45, 2.75) is 39.2 Å². The lowest BCUT2D eigenvalue weighted by atomic mass is 9.78. The number of hydrogen-bond donors (Lipinski definition) is 2. The molecule has 0 bridgehead atoms. The summed E-state index contributed by atoms with van der Waals surface area (Å²) in [6.07, 6.45) is 2.66. The van der Waals surface area contributed by atoms with Gasteiger partial charge >= 0.3 is 12.6 Å².